The highest BCUT2D eigenvalue weighted by atomic mass is 16.8. The highest BCUT2D eigenvalue weighted by Gasteiger charge is 2.36. The van der Waals surface area contributed by atoms with Gasteiger partial charge in [0.1, 0.15) is 25.1 Å². The third kappa shape index (κ3) is 11.1. The summed E-state index contributed by atoms with van der Waals surface area (Å²) in [6.07, 6.45) is 6.35. The smallest absolute Gasteiger partial charge is 0.480 e. The maximum atomic E-state index is 12.5. The minimum absolute atomic E-state index is 0.0583. The van der Waals surface area contributed by atoms with E-state index in [-0.39, 0.29) is 44.7 Å². The van der Waals surface area contributed by atoms with E-state index in [9.17, 15) is 24.3 Å². The van der Waals surface area contributed by atoms with E-state index in [4.69, 9.17) is 14.3 Å². The number of carbonyl (C=O) groups is 4. The molecule has 0 radical (unpaired) electrons. The van der Waals surface area contributed by atoms with Crippen LogP contribution in [0.3, 0.4) is 0 Å². The fourth-order valence-electron chi connectivity index (χ4n) is 5.35. The van der Waals surface area contributed by atoms with Crippen molar-refractivity contribution < 1.29 is 38.6 Å². The predicted molar refractivity (Wildman–Crippen MR) is 159 cm³/mol. The van der Waals surface area contributed by atoms with Crippen LogP contribution in [0.5, 0.6) is 0 Å². The molecule has 1 aromatic carbocycles. The SMILES string of the molecule is O=C(COC1CC(CNc2ccccn2)N(OC(=O)OCc2ccccc2)C1)NCC(NC(=O)CCC1CCCC1)C(=O)O. The van der Waals surface area contributed by atoms with Crippen LogP contribution in [0.2, 0.25) is 0 Å². The average molecular weight is 612 g/mol. The number of anilines is 1. The van der Waals surface area contributed by atoms with E-state index >= 15 is 0 Å². The van der Waals surface area contributed by atoms with Crippen LogP contribution in [0, 0.1) is 5.92 Å². The van der Waals surface area contributed by atoms with E-state index in [1.807, 2.05) is 42.5 Å². The molecule has 3 atom stereocenters. The molecular formula is C31H41N5O8. The second-order valence-electron chi connectivity index (χ2n) is 11.1. The zero-order valence-corrected chi connectivity index (χ0v) is 24.7. The summed E-state index contributed by atoms with van der Waals surface area (Å²) in [7, 11) is 0. The number of hydrogen-bond donors (Lipinski definition) is 4. The zero-order valence-electron chi connectivity index (χ0n) is 24.7. The molecule has 1 saturated carbocycles. The first-order valence-corrected chi connectivity index (χ1v) is 15.1. The van der Waals surface area contributed by atoms with E-state index in [0.29, 0.717) is 24.7 Å². The molecule has 44 heavy (non-hydrogen) atoms. The van der Waals surface area contributed by atoms with E-state index in [2.05, 4.69) is 20.9 Å². The first-order chi connectivity index (χ1) is 21.4. The summed E-state index contributed by atoms with van der Waals surface area (Å²) < 4.78 is 11.1. The third-order valence-electron chi connectivity index (χ3n) is 7.74. The lowest BCUT2D eigenvalue weighted by molar-refractivity contribution is -0.144. The molecule has 3 unspecified atom stereocenters. The molecule has 0 spiro atoms. The molecule has 13 heteroatoms. The van der Waals surface area contributed by atoms with Gasteiger partial charge in [-0.25, -0.2) is 14.6 Å². The standard InChI is InChI=1S/C31H41N5O8/c37-28(14-13-22-8-4-5-9-22)35-26(30(39)40)18-34-29(38)21-42-25-16-24(17-33-27-12-6-7-15-32-27)36(19-25)44-31(41)43-20-23-10-2-1-3-11-23/h1-3,6-7,10-12,15,22,24-26H,4-5,8-9,13-14,16-21H2,(H,32,33)(H,34,38)(H,35,37)(H,39,40). The lowest BCUT2D eigenvalue weighted by atomic mass is 10.0. The number of hydroxylamine groups is 2. The van der Waals surface area contributed by atoms with Crippen molar-refractivity contribution in [1.82, 2.24) is 20.7 Å². The number of nitrogens with zero attached hydrogens (tertiary/aromatic N) is 2. The lowest BCUT2D eigenvalue weighted by Crippen LogP contribution is -2.49. The Bertz CT molecular complexity index is 1210. The number of carboxylic acids is 1. The van der Waals surface area contributed by atoms with Gasteiger partial charge in [0.2, 0.25) is 11.8 Å². The van der Waals surface area contributed by atoms with E-state index in [1.165, 1.54) is 17.9 Å². The van der Waals surface area contributed by atoms with Crippen LogP contribution in [0.1, 0.15) is 50.5 Å². The Kier molecular flexibility index (Phi) is 12.7. The summed E-state index contributed by atoms with van der Waals surface area (Å²) in [6, 6.07) is 13.2. The van der Waals surface area contributed by atoms with Crippen molar-refractivity contribution in [3.8, 4) is 0 Å². The molecule has 1 aliphatic heterocycles. The van der Waals surface area contributed by atoms with E-state index in [0.717, 1.165) is 24.8 Å². The van der Waals surface area contributed by atoms with Gasteiger partial charge >= 0.3 is 12.1 Å². The van der Waals surface area contributed by atoms with E-state index in [1.54, 1.807) is 12.3 Å². The van der Waals surface area contributed by atoms with Gasteiger partial charge in [0, 0.05) is 25.7 Å². The molecule has 2 aromatic rings. The number of aromatic nitrogens is 1. The van der Waals surface area contributed by atoms with Crippen LogP contribution in [-0.2, 0) is 35.3 Å². The second-order valence-corrected chi connectivity index (χ2v) is 11.1. The van der Waals surface area contributed by atoms with Crippen LogP contribution in [0.4, 0.5) is 10.6 Å². The number of ether oxygens (including phenoxy) is 2. The first kappa shape index (κ1) is 32.7. The quantitative estimate of drug-likeness (QED) is 0.206. The van der Waals surface area contributed by atoms with E-state index < -0.39 is 30.2 Å². The molecule has 2 amide bonds. The van der Waals surface area contributed by atoms with Gasteiger partial charge in [-0.3, -0.25) is 9.59 Å². The Morgan fingerprint density at radius 3 is 2.52 bits per heavy atom. The van der Waals surface area contributed by atoms with Crippen LogP contribution in [0.15, 0.2) is 54.7 Å². The molecule has 0 bridgehead atoms. The number of aliphatic carboxylic acids is 1. The van der Waals surface area contributed by atoms with Crippen molar-refractivity contribution in [2.75, 3.05) is 31.6 Å². The molecule has 4 rings (SSSR count). The Morgan fingerprint density at radius 1 is 1.02 bits per heavy atom. The second kappa shape index (κ2) is 17.2. The van der Waals surface area contributed by atoms with Gasteiger partial charge in [0.15, 0.2) is 0 Å². The van der Waals surface area contributed by atoms with Gasteiger partial charge in [0.05, 0.1) is 18.7 Å². The van der Waals surface area contributed by atoms with Crippen molar-refractivity contribution >= 4 is 29.8 Å². The van der Waals surface area contributed by atoms with Gasteiger partial charge in [-0.05, 0) is 36.5 Å². The summed E-state index contributed by atoms with van der Waals surface area (Å²) in [5.74, 6) is -0.925. The van der Waals surface area contributed by atoms with Gasteiger partial charge < -0.3 is 35.4 Å². The van der Waals surface area contributed by atoms with Gasteiger partial charge in [-0.2, -0.15) is 0 Å². The number of amides is 2. The minimum atomic E-state index is -1.24. The number of pyridine rings is 1. The maximum absolute atomic E-state index is 12.5. The lowest BCUT2D eigenvalue weighted by Gasteiger charge is -2.22. The number of nitrogens with one attached hydrogen (secondary N) is 3. The first-order valence-electron chi connectivity index (χ1n) is 15.1. The molecular weight excluding hydrogens is 570 g/mol. The van der Waals surface area contributed by atoms with Crippen LogP contribution < -0.4 is 16.0 Å². The fraction of sp³-hybridized carbons (Fsp3) is 0.516. The van der Waals surface area contributed by atoms with Crippen LogP contribution >= 0.6 is 0 Å². The summed E-state index contributed by atoms with van der Waals surface area (Å²) in [5.41, 5.74) is 0.820. The van der Waals surface area contributed by atoms with Crippen molar-refractivity contribution in [1.29, 1.82) is 0 Å². The topological polar surface area (TPSA) is 168 Å². The van der Waals surface area contributed by atoms with Crippen molar-refractivity contribution in [3.63, 3.8) is 0 Å². The number of benzene rings is 1. The summed E-state index contributed by atoms with van der Waals surface area (Å²) >= 11 is 0. The van der Waals surface area contributed by atoms with Gasteiger partial charge in [-0.15, -0.1) is 5.06 Å². The Hall–Kier alpha value is -4.23. The number of rotatable bonds is 16. The molecule has 1 aromatic heterocycles. The molecule has 2 heterocycles. The van der Waals surface area contributed by atoms with Crippen molar-refractivity contribution in [2.24, 2.45) is 5.92 Å². The largest absolute Gasteiger partial charge is 0.528 e. The van der Waals surface area contributed by atoms with Crippen LogP contribution in [0.25, 0.3) is 0 Å². The highest BCUT2D eigenvalue weighted by Crippen LogP contribution is 2.28. The molecule has 2 aliphatic rings. The molecule has 2 fully saturated rings. The van der Waals surface area contributed by atoms with Crippen molar-refractivity contribution in [3.05, 3.63) is 60.3 Å². The predicted octanol–water partition coefficient (Wildman–Crippen LogP) is 2.88. The molecule has 1 saturated heterocycles. The van der Waals surface area contributed by atoms with Gasteiger partial charge in [-0.1, -0.05) is 62.1 Å². The average Bonchev–Trinajstić information content (AvgIpc) is 3.70. The fourth-order valence-corrected chi connectivity index (χ4v) is 5.35. The summed E-state index contributed by atoms with van der Waals surface area (Å²) in [6.45, 7) is 0.0332. The Morgan fingerprint density at radius 2 is 1.80 bits per heavy atom. The van der Waals surface area contributed by atoms with Crippen molar-refractivity contribution in [2.45, 2.75) is 69.7 Å². The number of carbonyl (C=O) groups excluding carboxylic acids is 3. The molecule has 238 valence electrons. The summed E-state index contributed by atoms with van der Waals surface area (Å²) in [5, 5.41) is 19.2. The van der Waals surface area contributed by atoms with Gasteiger partial charge in [0.25, 0.3) is 0 Å². The molecule has 13 nitrogen and oxygen atoms in total. The molecule has 1 aliphatic carbocycles. The normalized spacial score (nSPS) is 19.2. The monoisotopic (exact) mass is 611 g/mol. The molecule has 4 N–H and O–H groups in total. The highest BCUT2D eigenvalue weighted by molar-refractivity contribution is 5.84. The Balaban J connectivity index is 1.22. The number of hydrogen-bond acceptors (Lipinski definition) is 10. The minimum Gasteiger partial charge on any atom is -0.480 e. The zero-order chi connectivity index (χ0) is 31.1. The number of carboxylic acid groups (broad SMARTS) is 1. The third-order valence-corrected chi connectivity index (χ3v) is 7.74. The van der Waals surface area contributed by atoms with Crippen LogP contribution in [-0.4, -0.2) is 83.5 Å². The Labute approximate surface area is 256 Å². The summed E-state index contributed by atoms with van der Waals surface area (Å²) in [4.78, 5) is 58.6. The maximum Gasteiger partial charge on any atom is 0.528 e.